The minimum atomic E-state index is 0.340. The van der Waals surface area contributed by atoms with Crippen LogP contribution in [-0.4, -0.2) is 30.5 Å². The Morgan fingerprint density at radius 3 is 2.70 bits per heavy atom. The molecule has 1 aromatic carbocycles. The monoisotopic (exact) mass is 273 g/mol. The van der Waals surface area contributed by atoms with Gasteiger partial charge in [-0.3, -0.25) is 4.79 Å². The average Bonchev–Trinajstić information content (AvgIpc) is 3.31. The molecule has 0 radical (unpaired) electrons. The third-order valence-electron chi connectivity index (χ3n) is 4.26. The number of hydrogen-bond donors (Lipinski definition) is 0. The number of likely N-dealkylation sites (tertiary alicyclic amines) is 1. The highest BCUT2D eigenvalue weighted by molar-refractivity contribution is 5.81. The van der Waals surface area contributed by atoms with Crippen LogP contribution in [0.5, 0.6) is 5.75 Å². The van der Waals surface area contributed by atoms with Crippen molar-refractivity contribution in [2.24, 2.45) is 11.8 Å². The molecule has 1 aliphatic carbocycles. The first-order valence-corrected chi connectivity index (χ1v) is 7.70. The highest BCUT2D eigenvalue weighted by Gasteiger charge is 2.35. The van der Waals surface area contributed by atoms with Crippen molar-refractivity contribution in [2.75, 3.05) is 19.7 Å². The molecular formula is C17H23NO2. The fraction of sp³-hybridized carbons (Fsp3) is 0.588. The van der Waals surface area contributed by atoms with Crippen LogP contribution in [0.1, 0.15) is 31.2 Å². The highest BCUT2D eigenvalue weighted by Crippen LogP contribution is 2.32. The van der Waals surface area contributed by atoms with Crippen LogP contribution in [0.25, 0.3) is 0 Å². The Hall–Kier alpha value is -1.51. The molecule has 1 aliphatic heterocycles. The van der Waals surface area contributed by atoms with E-state index in [1.165, 1.54) is 12.0 Å². The maximum absolute atomic E-state index is 12.1. The van der Waals surface area contributed by atoms with Crippen molar-refractivity contribution >= 4 is 5.91 Å². The van der Waals surface area contributed by atoms with Gasteiger partial charge in [-0.25, -0.2) is 0 Å². The molecule has 3 nitrogen and oxygen atoms in total. The summed E-state index contributed by atoms with van der Waals surface area (Å²) in [6.45, 7) is 4.61. The van der Waals surface area contributed by atoms with Gasteiger partial charge in [0.25, 0.3) is 0 Å². The highest BCUT2D eigenvalue weighted by atomic mass is 16.5. The largest absolute Gasteiger partial charge is 0.493 e. The van der Waals surface area contributed by atoms with Crippen LogP contribution in [0.2, 0.25) is 0 Å². The number of hydrogen-bond acceptors (Lipinski definition) is 2. The lowest BCUT2D eigenvalue weighted by atomic mass is 9.98. The van der Waals surface area contributed by atoms with Crippen molar-refractivity contribution in [3.8, 4) is 5.75 Å². The third kappa shape index (κ3) is 3.33. The molecule has 1 saturated carbocycles. The molecule has 1 unspecified atom stereocenters. The minimum Gasteiger partial charge on any atom is -0.493 e. The van der Waals surface area contributed by atoms with Crippen LogP contribution >= 0.6 is 0 Å². The molecule has 0 spiro atoms. The van der Waals surface area contributed by atoms with Crippen molar-refractivity contribution < 1.29 is 9.53 Å². The SMILES string of the molecule is Cc1ccc(OCC2CCCN(C(=O)C3CC3)C2)cc1. The van der Waals surface area contributed by atoms with Gasteiger partial charge in [0.15, 0.2) is 0 Å². The molecule has 1 heterocycles. The average molecular weight is 273 g/mol. The lowest BCUT2D eigenvalue weighted by Gasteiger charge is -2.32. The number of ether oxygens (including phenoxy) is 1. The van der Waals surface area contributed by atoms with E-state index in [-0.39, 0.29) is 0 Å². The van der Waals surface area contributed by atoms with Gasteiger partial charge in [-0.2, -0.15) is 0 Å². The van der Waals surface area contributed by atoms with E-state index < -0.39 is 0 Å². The molecule has 108 valence electrons. The summed E-state index contributed by atoms with van der Waals surface area (Å²) in [5, 5.41) is 0. The number of carbonyl (C=O) groups is 1. The maximum Gasteiger partial charge on any atom is 0.225 e. The van der Waals surface area contributed by atoms with Gasteiger partial charge in [0.2, 0.25) is 5.91 Å². The number of nitrogens with zero attached hydrogens (tertiary/aromatic N) is 1. The summed E-state index contributed by atoms with van der Waals surface area (Å²) in [5.74, 6) is 2.13. The number of amides is 1. The lowest BCUT2D eigenvalue weighted by molar-refractivity contribution is -0.134. The van der Waals surface area contributed by atoms with E-state index >= 15 is 0 Å². The smallest absolute Gasteiger partial charge is 0.225 e. The number of rotatable bonds is 4. The van der Waals surface area contributed by atoms with Gasteiger partial charge in [-0.05, 0) is 44.7 Å². The summed E-state index contributed by atoms with van der Waals surface area (Å²) in [5.41, 5.74) is 1.25. The number of piperidine rings is 1. The van der Waals surface area contributed by atoms with Crippen LogP contribution in [-0.2, 0) is 4.79 Å². The van der Waals surface area contributed by atoms with Crippen molar-refractivity contribution in [2.45, 2.75) is 32.6 Å². The van der Waals surface area contributed by atoms with E-state index in [4.69, 9.17) is 4.74 Å². The standard InChI is InChI=1S/C17H23NO2/c1-13-4-8-16(9-5-13)20-12-14-3-2-10-18(11-14)17(19)15-6-7-15/h4-5,8-9,14-15H,2-3,6-7,10-12H2,1H3. The summed E-state index contributed by atoms with van der Waals surface area (Å²) in [6, 6.07) is 8.18. The zero-order valence-electron chi connectivity index (χ0n) is 12.2. The van der Waals surface area contributed by atoms with Gasteiger partial charge in [0.1, 0.15) is 5.75 Å². The summed E-state index contributed by atoms with van der Waals surface area (Å²) in [7, 11) is 0. The van der Waals surface area contributed by atoms with Crippen LogP contribution in [0.3, 0.4) is 0 Å². The molecule has 3 rings (SSSR count). The molecule has 0 aromatic heterocycles. The van der Waals surface area contributed by atoms with Crippen molar-refractivity contribution in [1.29, 1.82) is 0 Å². The van der Waals surface area contributed by atoms with E-state index in [0.29, 0.717) is 17.7 Å². The molecule has 1 amide bonds. The number of benzene rings is 1. The first kappa shape index (κ1) is 13.5. The normalized spacial score (nSPS) is 22.6. The second-order valence-electron chi connectivity index (χ2n) is 6.19. The molecule has 2 fully saturated rings. The number of carbonyl (C=O) groups excluding carboxylic acids is 1. The summed E-state index contributed by atoms with van der Waals surface area (Å²) in [4.78, 5) is 14.2. The lowest BCUT2D eigenvalue weighted by Crippen LogP contribution is -2.42. The fourth-order valence-electron chi connectivity index (χ4n) is 2.84. The molecule has 3 heteroatoms. The zero-order chi connectivity index (χ0) is 13.9. The van der Waals surface area contributed by atoms with Crippen LogP contribution in [0, 0.1) is 18.8 Å². The van der Waals surface area contributed by atoms with Crippen LogP contribution in [0.4, 0.5) is 0 Å². The predicted molar refractivity (Wildman–Crippen MR) is 78.7 cm³/mol. The second kappa shape index (κ2) is 5.86. The predicted octanol–water partition coefficient (Wildman–Crippen LogP) is 3.02. The van der Waals surface area contributed by atoms with E-state index in [0.717, 1.165) is 44.7 Å². The topological polar surface area (TPSA) is 29.5 Å². The van der Waals surface area contributed by atoms with Crippen LogP contribution in [0.15, 0.2) is 24.3 Å². The van der Waals surface area contributed by atoms with E-state index in [1.807, 2.05) is 12.1 Å². The molecule has 1 aromatic rings. The Morgan fingerprint density at radius 1 is 1.25 bits per heavy atom. The van der Waals surface area contributed by atoms with E-state index in [2.05, 4.69) is 24.0 Å². The van der Waals surface area contributed by atoms with E-state index in [9.17, 15) is 4.79 Å². The Balaban J connectivity index is 1.49. The summed E-state index contributed by atoms with van der Waals surface area (Å²) in [6.07, 6.45) is 4.47. The molecule has 2 aliphatic rings. The van der Waals surface area contributed by atoms with Crippen molar-refractivity contribution in [1.82, 2.24) is 4.90 Å². The molecule has 0 bridgehead atoms. The molecule has 1 saturated heterocycles. The second-order valence-corrected chi connectivity index (χ2v) is 6.19. The minimum absolute atomic E-state index is 0.340. The van der Waals surface area contributed by atoms with Gasteiger partial charge in [0, 0.05) is 24.9 Å². The van der Waals surface area contributed by atoms with Crippen molar-refractivity contribution in [3.05, 3.63) is 29.8 Å². The van der Waals surface area contributed by atoms with Gasteiger partial charge in [-0.1, -0.05) is 17.7 Å². The third-order valence-corrected chi connectivity index (χ3v) is 4.26. The van der Waals surface area contributed by atoms with Gasteiger partial charge in [-0.15, -0.1) is 0 Å². The summed E-state index contributed by atoms with van der Waals surface area (Å²) < 4.78 is 5.87. The van der Waals surface area contributed by atoms with E-state index in [1.54, 1.807) is 0 Å². The number of aryl methyl sites for hydroxylation is 1. The van der Waals surface area contributed by atoms with Gasteiger partial charge >= 0.3 is 0 Å². The maximum atomic E-state index is 12.1. The first-order chi connectivity index (χ1) is 9.72. The Labute approximate surface area is 120 Å². The molecule has 20 heavy (non-hydrogen) atoms. The molecule has 1 atom stereocenters. The van der Waals surface area contributed by atoms with Crippen molar-refractivity contribution in [3.63, 3.8) is 0 Å². The zero-order valence-corrected chi connectivity index (χ0v) is 12.2. The van der Waals surface area contributed by atoms with Crippen LogP contribution < -0.4 is 4.74 Å². The Bertz CT molecular complexity index is 464. The Morgan fingerprint density at radius 2 is 2.00 bits per heavy atom. The van der Waals surface area contributed by atoms with Gasteiger partial charge < -0.3 is 9.64 Å². The Kier molecular flexibility index (Phi) is 3.95. The quantitative estimate of drug-likeness (QED) is 0.844. The molecular weight excluding hydrogens is 250 g/mol. The van der Waals surface area contributed by atoms with Gasteiger partial charge in [0.05, 0.1) is 6.61 Å². The first-order valence-electron chi connectivity index (χ1n) is 7.70. The summed E-state index contributed by atoms with van der Waals surface area (Å²) >= 11 is 0. The molecule has 0 N–H and O–H groups in total. The fourth-order valence-corrected chi connectivity index (χ4v) is 2.84.